The minimum atomic E-state index is -0.0946. The Balaban J connectivity index is 2.01. The zero-order valence-corrected chi connectivity index (χ0v) is 11.6. The molecule has 5 heteroatoms. The van der Waals surface area contributed by atoms with Crippen LogP contribution >= 0.6 is 11.3 Å². The molecule has 0 saturated carbocycles. The Labute approximate surface area is 115 Å². The number of rotatable bonds is 4. The van der Waals surface area contributed by atoms with Crippen molar-refractivity contribution in [3.05, 3.63) is 45.6 Å². The van der Waals surface area contributed by atoms with Gasteiger partial charge in [0.25, 0.3) is 5.91 Å². The number of phenols is 1. The maximum absolute atomic E-state index is 11.9. The third kappa shape index (κ3) is 3.06. The monoisotopic (exact) mass is 277 g/mol. The standard InChI is InChI=1S/C14H15NO3S/c1-9-5-6-19-13(9)14(17)15-8-10-3-4-12(18-2)11(16)7-10/h3-7,16H,8H2,1-2H3,(H,15,17). The minimum Gasteiger partial charge on any atom is -0.504 e. The number of thiophene rings is 1. The van der Waals surface area contributed by atoms with E-state index < -0.39 is 0 Å². The number of carbonyl (C=O) groups excluding carboxylic acids is 1. The van der Waals surface area contributed by atoms with E-state index in [1.807, 2.05) is 18.4 Å². The normalized spacial score (nSPS) is 10.2. The van der Waals surface area contributed by atoms with Gasteiger partial charge in [-0.1, -0.05) is 6.07 Å². The van der Waals surface area contributed by atoms with E-state index in [9.17, 15) is 9.90 Å². The van der Waals surface area contributed by atoms with Crippen molar-refractivity contribution in [3.63, 3.8) is 0 Å². The molecule has 0 aliphatic rings. The first-order valence-electron chi connectivity index (χ1n) is 5.80. The lowest BCUT2D eigenvalue weighted by atomic mass is 10.2. The number of benzene rings is 1. The van der Waals surface area contributed by atoms with E-state index in [4.69, 9.17) is 4.74 Å². The van der Waals surface area contributed by atoms with E-state index in [-0.39, 0.29) is 11.7 Å². The second-order valence-electron chi connectivity index (χ2n) is 4.12. The summed E-state index contributed by atoms with van der Waals surface area (Å²) in [5.74, 6) is 0.397. The Morgan fingerprint density at radius 2 is 2.21 bits per heavy atom. The molecular weight excluding hydrogens is 262 g/mol. The number of carbonyl (C=O) groups is 1. The van der Waals surface area contributed by atoms with Gasteiger partial charge in [-0.2, -0.15) is 0 Å². The van der Waals surface area contributed by atoms with Gasteiger partial charge in [-0.3, -0.25) is 4.79 Å². The van der Waals surface area contributed by atoms with Gasteiger partial charge in [-0.15, -0.1) is 11.3 Å². The van der Waals surface area contributed by atoms with Crippen molar-refractivity contribution in [2.75, 3.05) is 7.11 Å². The van der Waals surface area contributed by atoms with Crippen molar-refractivity contribution in [1.29, 1.82) is 0 Å². The summed E-state index contributed by atoms with van der Waals surface area (Å²) in [5, 5.41) is 14.4. The highest BCUT2D eigenvalue weighted by Gasteiger charge is 2.10. The summed E-state index contributed by atoms with van der Waals surface area (Å²) in [6.07, 6.45) is 0. The largest absolute Gasteiger partial charge is 0.504 e. The van der Waals surface area contributed by atoms with E-state index in [2.05, 4.69) is 5.32 Å². The fourth-order valence-electron chi connectivity index (χ4n) is 1.71. The molecule has 0 bridgehead atoms. The second-order valence-corrected chi connectivity index (χ2v) is 5.04. The fraction of sp³-hybridized carbons (Fsp3) is 0.214. The van der Waals surface area contributed by atoms with Crippen LogP contribution in [0.3, 0.4) is 0 Å². The maximum atomic E-state index is 11.9. The molecule has 0 aliphatic carbocycles. The summed E-state index contributed by atoms with van der Waals surface area (Å²) < 4.78 is 4.96. The number of ether oxygens (including phenoxy) is 1. The summed E-state index contributed by atoms with van der Waals surface area (Å²) in [6.45, 7) is 2.28. The molecule has 2 N–H and O–H groups in total. The van der Waals surface area contributed by atoms with Crippen molar-refractivity contribution >= 4 is 17.2 Å². The van der Waals surface area contributed by atoms with Gasteiger partial charge in [0.05, 0.1) is 12.0 Å². The average Bonchev–Trinajstić information content (AvgIpc) is 2.82. The molecule has 1 amide bonds. The Morgan fingerprint density at radius 3 is 2.79 bits per heavy atom. The average molecular weight is 277 g/mol. The van der Waals surface area contributed by atoms with Crippen LogP contribution in [0.5, 0.6) is 11.5 Å². The van der Waals surface area contributed by atoms with Crippen molar-refractivity contribution in [2.24, 2.45) is 0 Å². The van der Waals surface area contributed by atoms with Gasteiger partial charge < -0.3 is 15.2 Å². The van der Waals surface area contributed by atoms with Crippen LogP contribution in [0.15, 0.2) is 29.6 Å². The molecule has 1 aromatic carbocycles. The van der Waals surface area contributed by atoms with Crippen LogP contribution in [-0.2, 0) is 6.54 Å². The molecule has 100 valence electrons. The Kier molecular flexibility index (Phi) is 4.06. The number of hydrogen-bond donors (Lipinski definition) is 2. The van der Waals surface area contributed by atoms with E-state index in [0.717, 1.165) is 16.0 Å². The van der Waals surface area contributed by atoms with Crippen LogP contribution in [0.4, 0.5) is 0 Å². The zero-order valence-electron chi connectivity index (χ0n) is 10.8. The Hall–Kier alpha value is -2.01. The maximum Gasteiger partial charge on any atom is 0.261 e. The lowest BCUT2D eigenvalue weighted by molar-refractivity contribution is 0.0954. The number of aromatic hydroxyl groups is 1. The number of aryl methyl sites for hydroxylation is 1. The molecule has 0 radical (unpaired) electrons. The molecule has 2 aromatic rings. The molecular formula is C14H15NO3S. The van der Waals surface area contributed by atoms with E-state index in [1.54, 1.807) is 18.2 Å². The summed E-state index contributed by atoms with van der Waals surface area (Å²) in [5.41, 5.74) is 1.79. The summed E-state index contributed by atoms with van der Waals surface area (Å²) in [4.78, 5) is 12.6. The van der Waals surface area contributed by atoms with Gasteiger partial charge in [0, 0.05) is 6.54 Å². The molecule has 0 saturated heterocycles. The van der Waals surface area contributed by atoms with Gasteiger partial charge >= 0.3 is 0 Å². The Morgan fingerprint density at radius 1 is 1.42 bits per heavy atom. The molecule has 0 fully saturated rings. The highest BCUT2D eigenvalue weighted by Crippen LogP contribution is 2.26. The zero-order chi connectivity index (χ0) is 13.8. The van der Waals surface area contributed by atoms with E-state index in [0.29, 0.717) is 12.3 Å². The lowest BCUT2D eigenvalue weighted by Crippen LogP contribution is -2.22. The molecule has 2 rings (SSSR count). The number of nitrogens with one attached hydrogen (secondary N) is 1. The minimum absolute atomic E-state index is 0.0709. The predicted molar refractivity (Wildman–Crippen MR) is 74.9 cm³/mol. The van der Waals surface area contributed by atoms with Gasteiger partial charge in [0.2, 0.25) is 0 Å². The van der Waals surface area contributed by atoms with Gasteiger partial charge in [0.15, 0.2) is 11.5 Å². The SMILES string of the molecule is COc1ccc(CNC(=O)c2sccc2C)cc1O. The first kappa shape index (κ1) is 13.4. The third-order valence-electron chi connectivity index (χ3n) is 2.76. The van der Waals surface area contributed by atoms with Gasteiger partial charge in [-0.05, 0) is 41.6 Å². The van der Waals surface area contributed by atoms with Gasteiger partial charge in [0.1, 0.15) is 0 Å². The summed E-state index contributed by atoms with van der Waals surface area (Å²) in [6, 6.07) is 6.98. The molecule has 0 atom stereocenters. The number of hydrogen-bond acceptors (Lipinski definition) is 4. The molecule has 0 aliphatic heterocycles. The third-order valence-corrected chi connectivity index (χ3v) is 3.78. The van der Waals surface area contributed by atoms with Crippen LogP contribution in [0.1, 0.15) is 20.8 Å². The van der Waals surface area contributed by atoms with Crippen molar-refractivity contribution < 1.29 is 14.6 Å². The van der Waals surface area contributed by atoms with Crippen LogP contribution in [0, 0.1) is 6.92 Å². The van der Waals surface area contributed by atoms with Crippen LogP contribution in [0.25, 0.3) is 0 Å². The first-order chi connectivity index (χ1) is 9.11. The molecule has 4 nitrogen and oxygen atoms in total. The number of methoxy groups -OCH3 is 1. The highest BCUT2D eigenvalue weighted by molar-refractivity contribution is 7.12. The molecule has 1 heterocycles. The quantitative estimate of drug-likeness (QED) is 0.903. The van der Waals surface area contributed by atoms with Crippen molar-refractivity contribution in [1.82, 2.24) is 5.32 Å². The predicted octanol–water partition coefficient (Wildman–Crippen LogP) is 2.70. The second kappa shape index (κ2) is 5.75. The van der Waals surface area contributed by atoms with Crippen molar-refractivity contribution in [2.45, 2.75) is 13.5 Å². The van der Waals surface area contributed by atoms with Crippen LogP contribution in [-0.4, -0.2) is 18.1 Å². The van der Waals surface area contributed by atoms with Crippen molar-refractivity contribution in [3.8, 4) is 11.5 Å². The fourth-order valence-corrected chi connectivity index (χ4v) is 2.55. The van der Waals surface area contributed by atoms with Gasteiger partial charge in [-0.25, -0.2) is 0 Å². The molecule has 0 unspecified atom stereocenters. The van der Waals surface area contributed by atoms with Crippen LogP contribution in [0.2, 0.25) is 0 Å². The number of amides is 1. The van der Waals surface area contributed by atoms with E-state index >= 15 is 0 Å². The van der Waals surface area contributed by atoms with Crippen LogP contribution < -0.4 is 10.1 Å². The topological polar surface area (TPSA) is 58.6 Å². The smallest absolute Gasteiger partial charge is 0.261 e. The molecule has 1 aromatic heterocycles. The molecule has 0 spiro atoms. The summed E-state index contributed by atoms with van der Waals surface area (Å²) in [7, 11) is 1.50. The van der Waals surface area contributed by atoms with E-state index in [1.165, 1.54) is 18.4 Å². The lowest BCUT2D eigenvalue weighted by Gasteiger charge is -2.07. The number of phenolic OH excluding ortho intramolecular Hbond substituents is 1. The Bertz CT molecular complexity index is 592. The first-order valence-corrected chi connectivity index (χ1v) is 6.68. The molecule has 19 heavy (non-hydrogen) atoms. The highest BCUT2D eigenvalue weighted by atomic mass is 32.1. The summed E-state index contributed by atoms with van der Waals surface area (Å²) >= 11 is 1.42.